The maximum absolute atomic E-state index is 11.7. The molecule has 0 aliphatic carbocycles. The van der Waals surface area contributed by atoms with E-state index in [-0.39, 0.29) is 18.5 Å². The molecule has 2 atom stereocenters. The number of rotatable bonds is 7. The molecule has 116 valence electrons. The van der Waals surface area contributed by atoms with Crippen LogP contribution < -0.4 is 10.6 Å². The first-order valence-corrected chi connectivity index (χ1v) is 7.49. The van der Waals surface area contributed by atoms with E-state index in [0.29, 0.717) is 19.0 Å². The molecule has 0 radical (unpaired) electrons. The summed E-state index contributed by atoms with van der Waals surface area (Å²) in [6.45, 7) is 6.78. The number of hydrogen-bond acceptors (Lipinski definition) is 3. The van der Waals surface area contributed by atoms with Gasteiger partial charge in [0, 0.05) is 25.0 Å². The summed E-state index contributed by atoms with van der Waals surface area (Å²) in [5, 5.41) is 14.2. The van der Waals surface area contributed by atoms with E-state index in [4.69, 9.17) is 5.11 Å². The Morgan fingerprint density at radius 2 is 1.85 bits per heavy atom. The molecule has 0 saturated carbocycles. The fourth-order valence-corrected chi connectivity index (χ4v) is 2.42. The van der Waals surface area contributed by atoms with Crippen molar-refractivity contribution >= 4 is 12.0 Å². The van der Waals surface area contributed by atoms with E-state index in [1.54, 1.807) is 0 Å². The van der Waals surface area contributed by atoms with Gasteiger partial charge in [0.15, 0.2) is 0 Å². The van der Waals surface area contributed by atoms with Crippen LogP contribution in [0.2, 0.25) is 0 Å². The lowest BCUT2D eigenvalue weighted by molar-refractivity contribution is -0.137. The Kier molecular flexibility index (Phi) is 7.36. The van der Waals surface area contributed by atoms with Crippen LogP contribution in [0.4, 0.5) is 4.79 Å². The maximum Gasteiger partial charge on any atom is 0.315 e. The number of hydrogen-bond donors (Lipinski definition) is 3. The smallest absolute Gasteiger partial charge is 0.315 e. The molecule has 20 heavy (non-hydrogen) atoms. The summed E-state index contributed by atoms with van der Waals surface area (Å²) in [5.41, 5.74) is 0. The Morgan fingerprint density at radius 3 is 2.45 bits per heavy atom. The lowest BCUT2D eigenvalue weighted by atomic mass is 10.1. The maximum atomic E-state index is 11.7. The molecular weight excluding hydrogens is 258 g/mol. The Balaban J connectivity index is 2.16. The van der Waals surface area contributed by atoms with Crippen LogP contribution in [0, 0.1) is 0 Å². The van der Waals surface area contributed by atoms with Crippen LogP contribution >= 0.6 is 0 Å². The van der Waals surface area contributed by atoms with E-state index in [0.717, 1.165) is 13.1 Å². The van der Waals surface area contributed by atoms with Crippen molar-refractivity contribution < 1.29 is 14.7 Å². The molecule has 0 aromatic heterocycles. The van der Waals surface area contributed by atoms with Gasteiger partial charge >= 0.3 is 12.0 Å². The van der Waals surface area contributed by atoms with Crippen molar-refractivity contribution in [3.63, 3.8) is 0 Å². The minimum absolute atomic E-state index is 0.0750. The number of aliphatic carboxylic acids is 1. The third-order valence-corrected chi connectivity index (χ3v) is 3.74. The van der Waals surface area contributed by atoms with Gasteiger partial charge in [-0.3, -0.25) is 9.69 Å². The molecule has 1 saturated heterocycles. The molecule has 3 N–H and O–H groups in total. The van der Waals surface area contributed by atoms with Crippen molar-refractivity contribution in [2.24, 2.45) is 0 Å². The summed E-state index contributed by atoms with van der Waals surface area (Å²) >= 11 is 0. The molecule has 0 aromatic carbocycles. The Labute approximate surface area is 120 Å². The normalized spacial score (nSPS) is 19.1. The predicted molar refractivity (Wildman–Crippen MR) is 77.8 cm³/mol. The monoisotopic (exact) mass is 285 g/mol. The number of carboxylic acids is 1. The van der Waals surface area contributed by atoms with E-state index < -0.39 is 5.97 Å². The second-order valence-corrected chi connectivity index (χ2v) is 5.63. The zero-order valence-corrected chi connectivity index (χ0v) is 12.5. The second kappa shape index (κ2) is 8.79. The first kappa shape index (κ1) is 16.8. The molecule has 6 heteroatoms. The molecule has 2 amide bonds. The largest absolute Gasteiger partial charge is 0.481 e. The summed E-state index contributed by atoms with van der Waals surface area (Å²) in [5.74, 6) is -0.835. The number of carboxylic acid groups (broad SMARTS) is 1. The van der Waals surface area contributed by atoms with Crippen molar-refractivity contribution in [1.29, 1.82) is 0 Å². The van der Waals surface area contributed by atoms with Crippen LogP contribution in [0.3, 0.4) is 0 Å². The second-order valence-electron chi connectivity index (χ2n) is 5.63. The fraction of sp³-hybridized carbons (Fsp3) is 0.857. The Morgan fingerprint density at radius 1 is 1.20 bits per heavy atom. The summed E-state index contributed by atoms with van der Waals surface area (Å²) in [6.07, 6.45) is 4.31. The highest BCUT2D eigenvalue weighted by Crippen LogP contribution is 2.11. The summed E-state index contributed by atoms with van der Waals surface area (Å²) in [7, 11) is 0. The lowest BCUT2D eigenvalue weighted by Gasteiger charge is -2.32. The molecule has 6 nitrogen and oxygen atoms in total. The third kappa shape index (κ3) is 6.75. The zero-order valence-electron chi connectivity index (χ0n) is 12.5. The van der Waals surface area contributed by atoms with Crippen LogP contribution in [0.1, 0.15) is 46.0 Å². The first-order valence-electron chi connectivity index (χ1n) is 7.49. The highest BCUT2D eigenvalue weighted by molar-refractivity contribution is 5.74. The lowest BCUT2D eigenvalue weighted by Crippen LogP contribution is -2.48. The minimum Gasteiger partial charge on any atom is -0.481 e. The van der Waals surface area contributed by atoms with E-state index in [9.17, 15) is 9.59 Å². The predicted octanol–water partition coefficient (Wildman–Crippen LogP) is 1.41. The quantitative estimate of drug-likeness (QED) is 0.660. The van der Waals surface area contributed by atoms with Crippen LogP contribution in [0.5, 0.6) is 0 Å². The van der Waals surface area contributed by atoms with Crippen LogP contribution in [-0.4, -0.2) is 53.7 Å². The van der Waals surface area contributed by atoms with E-state index in [1.165, 1.54) is 19.3 Å². The van der Waals surface area contributed by atoms with Gasteiger partial charge in [0.1, 0.15) is 0 Å². The van der Waals surface area contributed by atoms with E-state index >= 15 is 0 Å². The molecule has 1 aliphatic heterocycles. The number of nitrogens with zero attached hydrogens (tertiary/aromatic N) is 1. The van der Waals surface area contributed by atoms with Gasteiger partial charge in [-0.2, -0.15) is 0 Å². The minimum atomic E-state index is -0.835. The zero-order chi connectivity index (χ0) is 15.0. The summed E-state index contributed by atoms with van der Waals surface area (Å²) in [6, 6.07) is -0.00137. The number of likely N-dealkylation sites (tertiary alicyclic amines) is 1. The molecule has 1 aliphatic rings. The third-order valence-electron chi connectivity index (χ3n) is 3.74. The van der Waals surface area contributed by atoms with Gasteiger partial charge in [-0.25, -0.2) is 4.79 Å². The van der Waals surface area contributed by atoms with Crippen molar-refractivity contribution in [3.8, 4) is 0 Å². The molecule has 0 aromatic rings. The van der Waals surface area contributed by atoms with Gasteiger partial charge in [0.25, 0.3) is 0 Å². The summed E-state index contributed by atoms with van der Waals surface area (Å²) < 4.78 is 0. The molecule has 2 unspecified atom stereocenters. The average Bonchev–Trinajstić information content (AvgIpc) is 2.43. The average molecular weight is 285 g/mol. The SMILES string of the molecule is CC(CCC(=O)O)NC(=O)NCC(C)N1CCCCC1. The van der Waals surface area contributed by atoms with E-state index in [1.807, 2.05) is 6.92 Å². The molecule has 1 heterocycles. The standard InChI is InChI=1S/C14H27N3O3/c1-11(6-7-13(18)19)16-14(20)15-10-12(2)17-8-4-3-5-9-17/h11-12H,3-10H2,1-2H3,(H,18,19)(H2,15,16,20). The van der Waals surface area contributed by atoms with E-state index in [2.05, 4.69) is 22.5 Å². The van der Waals surface area contributed by atoms with Crippen LogP contribution in [0.15, 0.2) is 0 Å². The first-order chi connectivity index (χ1) is 9.49. The number of carbonyl (C=O) groups is 2. The topological polar surface area (TPSA) is 81.7 Å². The highest BCUT2D eigenvalue weighted by Gasteiger charge is 2.17. The van der Waals surface area contributed by atoms with Gasteiger partial charge < -0.3 is 15.7 Å². The van der Waals surface area contributed by atoms with Crippen molar-refractivity contribution in [1.82, 2.24) is 15.5 Å². The number of amides is 2. The summed E-state index contributed by atoms with van der Waals surface area (Å²) in [4.78, 5) is 24.5. The Hall–Kier alpha value is -1.30. The fourth-order valence-electron chi connectivity index (χ4n) is 2.42. The number of carbonyl (C=O) groups excluding carboxylic acids is 1. The van der Waals surface area contributed by atoms with Crippen LogP contribution in [-0.2, 0) is 4.79 Å². The van der Waals surface area contributed by atoms with Crippen molar-refractivity contribution in [2.45, 2.75) is 58.0 Å². The molecule has 1 rings (SSSR count). The molecular formula is C14H27N3O3. The van der Waals surface area contributed by atoms with Gasteiger partial charge in [0.2, 0.25) is 0 Å². The number of urea groups is 1. The number of nitrogens with one attached hydrogen (secondary N) is 2. The van der Waals surface area contributed by atoms with Gasteiger partial charge in [0.05, 0.1) is 0 Å². The van der Waals surface area contributed by atoms with Crippen molar-refractivity contribution in [2.75, 3.05) is 19.6 Å². The van der Waals surface area contributed by atoms with Gasteiger partial charge in [-0.05, 0) is 46.2 Å². The molecule has 0 bridgehead atoms. The number of piperidine rings is 1. The van der Waals surface area contributed by atoms with Gasteiger partial charge in [-0.1, -0.05) is 6.42 Å². The van der Waals surface area contributed by atoms with Gasteiger partial charge in [-0.15, -0.1) is 0 Å². The van der Waals surface area contributed by atoms with Crippen LogP contribution in [0.25, 0.3) is 0 Å². The highest BCUT2D eigenvalue weighted by atomic mass is 16.4. The van der Waals surface area contributed by atoms with Crippen molar-refractivity contribution in [3.05, 3.63) is 0 Å². The Bertz CT molecular complexity index is 317. The molecule has 0 spiro atoms. The molecule has 1 fully saturated rings.